The summed E-state index contributed by atoms with van der Waals surface area (Å²) in [5, 5.41) is 5.13. The van der Waals surface area contributed by atoms with Gasteiger partial charge in [-0.1, -0.05) is 34.8 Å². The molecule has 1 aromatic rings. The first-order valence-corrected chi connectivity index (χ1v) is 6.79. The van der Waals surface area contributed by atoms with Gasteiger partial charge in [-0.05, 0) is 38.6 Å². The lowest BCUT2D eigenvalue weighted by molar-refractivity contribution is 0.261. The molecule has 5 heteroatoms. The quantitative estimate of drug-likeness (QED) is 0.881. The third-order valence-corrected chi connectivity index (χ3v) is 3.79. The van der Waals surface area contributed by atoms with Crippen molar-refractivity contribution in [1.29, 1.82) is 0 Å². The summed E-state index contributed by atoms with van der Waals surface area (Å²) in [5.41, 5.74) is 0.790. The SMILES string of the molecule is CN1CCCC(Nc2c(Cl)cc(Cl)cc2Cl)C1. The van der Waals surface area contributed by atoms with Gasteiger partial charge in [0.05, 0.1) is 15.7 Å². The minimum Gasteiger partial charge on any atom is -0.379 e. The summed E-state index contributed by atoms with van der Waals surface area (Å²) in [6, 6.07) is 3.82. The molecule has 1 aromatic carbocycles. The molecule has 1 heterocycles. The largest absolute Gasteiger partial charge is 0.379 e. The van der Waals surface area contributed by atoms with Crippen LogP contribution in [0.5, 0.6) is 0 Å². The molecule has 0 radical (unpaired) electrons. The van der Waals surface area contributed by atoms with E-state index >= 15 is 0 Å². The molecule has 0 bridgehead atoms. The second-order valence-corrected chi connectivity index (χ2v) is 5.74. The molecule has 1 fully saturated rings. The van der Waals surface area contributed by atoms with Gasteiger partial charge < -0.3 is 10.2 Å². The molecular weight excluding hydrogens is 279 g/mol. The van der Waals surface area contributed by atoms with Gasteiger partial charge in [0.1, 0.15) is 0 Å². The monoisotopic (exact) mass is 292 g/mol. The molecule has 0 amide bonds. The number of hydrogen-bond donors (Lipinski definition) is 1. The van der Waals surface area contributed by atoms with Crippen LogP contribution in [0.25, 0.3) is 0 Å². The highest BCUT2D eigenvalue weighted by atomic mass is 35.5. The maximum atomic E-state index is 6.15. The first-order chi connectivity index (χ1) is 8.06. The molecule has 1 saturated heterocycles. The van der Waals surface area contributed by atoms with E-state index in [0.29, 0.717) is 21.1 Å². The zero-order valence-corrected chi connectivity index (χ0v) is 11.9. The molecule has 1 N–H and O–H groups in total. The second-order valence-electron chi connectivity index (χ2n) is 4.49. The number of nitrogens with zero attached hydrogens (tertiary/aromatic N) is 1. The van der Waals surface area contributed by atoms with E-state index in [-0.39, 0.29) is 0 Å². The maximum Gasteiger partial charge on any atom is 0.0722 e. The highest BCUT2D eigenvalue weighted by molar-refractivity contribution is 6.41. The Hall–Kier alpha value is -0.150. The summed E-state index contributed by atoms with van der Waals surface area (Å²) in [4.78, 5) is 2.30. The van der Waals surface area contributed by atoms with Crippen molar-refractivity contribution < 1.29 is 0 Å². The predicted molar refractivity (Wildman–Crippen MR) is 75.6 cm³/mol. The van der Waals surface area contributed by atoms with E-state index in [0.717, 1.165) is 25.2 Å². The first kappa shape index (κ1) is 13.3. The van der Waals surface area contributed by atoms with Crippen LogP contribution in [-0.4, -0.2) is 31.1 Å². The normalized spacial score (nSPS) is 21.5. The summed E-state index contributed by atoms with van der Waals surface area (Å²) in [6.07, 6.45) is 2.33. The molecule has 2 rings (SSSR count). The Labute approximate surface area is 117 Å². The second kappa shape index (κ2) is 5.66. The van der Waals surface area contributed by atoms with Crippen LogP contribution in [-0.2, 0) is 0 Å². The van der Waals surface area contributed by atoms with Crippen LogP contribution in [0.2, 0.25) is 15.1 Å². The number of piperidine rings is 1. The van der Waals surface area contributed by atoms with E-state index in [1.807, 2.05) is 0 Å². The van der Waals surface area contributed by atoms with Crippen LogP contribution < -0.4 is 5.32 Å². The molecule has 1 atom stereocenters. The van der Waals surface area contributed by atoms with Crippen molar-refractivity contribution in [3.63, 3.8) is 0 Å². The lowest BCUT2D eigenvalue weighted by Gasteiger charge is -2.31. The van der Waals surface area contributed by atoms with Gasteiger partial charge >= 0.3 is 0 Å². The molecule has 94 valence electrons. The lowest BCUT2D eigenvalue weighted by Crippen LogP contribution is -2.39. The maximum absolute atomic E-state index is 6.15. The van der Waals surface area contributed by atoms with E-state index < -0.39 is 0 Å². The van der Waals surface area contributed by atoms with Gasteiger partial charge in [-0.15, -0.1) is 0 Å². The van der Waals surface area contributed by atoms with Crippen LogP contribution in [0.3, 0.4) is 0 Å². The summed E-state index contributed by atoms with van der Waals surface area (Å²) in [6.45, 7) is 2.16. The molecule has 2 nitrogen and oxygen atoms in total. The van der Waals surface area contributed by atoms with Gasteiger partial charge in [0.2, 0.25) is 0 Å². The molecule has 0 aliphatic carbocycles. The fourth-order valence-corrected chi connectivity index (χ4v) is 3.09. The number of benzene rings is 1. The molecule has 17 heavy (non-hydrogen) atoms. The average molecular weight is 294 g/mol. The van der Waals surface area contributed by atoms with E-state index in [1.165, 1.54) is 6.42 Å². The van der Waals surface area contributed by atoms with E-state index in [4.69, 9.17) is 34.8 Å². The van der Waals surface area contributed by atoms with Crippen LogP contribution in [0.1, 0.15) is 12.8 Å². The number of rotatable bonds is 2. The fourth-order valence-electron chi connectivity index (χ4n) is 2.17. The van der Waals surface area contributed by atoms with Crippen molar-refractivity contribution in [2.45, 2.75) is 18.9 Å². The lowest BCUT2D eigenvalue weighted by atomic mass is 10.1. The van der Waals surface area contributed by atoms with Crippen LogP contribution in [0.4, 0.5) is 5.69 Å². The third-order valence-electron chi connectivity index (χ3n) is 2.98. The van der Waals surface area contributed by atoms with E-state index in [1.54, 1.807) is 12.1 Å². The first-order valence-electron chi connectivity index (χ1n) is 5.66. The molecule has 0 saturated carbocycles. The zero-order chi connectivity index (χ0) is 12.4. The third kappa shape index (κ3) is 3.41. The van der Waals surface area contributed by atoms with Gasteiger partial charge in [0.25, 0.3) is 0 Å². The van der Waals surface area contributed by atoms with Gasteiger partial charge in [0.15, 0.2) is 0 Å². The Morgan fingerprint density at radius 3 is 2.47 bits per heavy atom. The van der Waals surface area contributed by atoms with Gasteiger partial charge in [-0.2, -0.15) is 0 Å². The molecule has 1 aliphatic rings. The van der Waals surface area contributed by atoms with Crippen LogP contribution >= 0.6 is 34.8 Å². The smallest absolute Gasteiger partial charge is 0.0722 e. The molecule has 0 spiro atoms. The van der Waals surface area contributed by atoms with Crippen molar-refractivity contribution in [3.8, 4) is 0 Å². The Morgan fingerprint density at radius 2 is 1.88 bits per heavy atom. The summed E-state index contributed by atoms with van der Waals surface area (Å²) >= 11 is 18.2. The zero-order valence-electron chi connectivity index (χ0n) is 9.64. The number of likely N-dealkylation sites (tertiary alicyclic amines) is 1. The summed E-state index contributed by atoms with van der Waals surface area (Å²) in [5.74, 6) is 0. The highest BCUT2D eigenvalue weighted by Crippen LogP contribution is 2.34. The van der Waals surface area contributed by atoms with Crippen molar-refractivity contribution in [3.05, 3.63) is 27.2 Å². The van der Waals surface area contributed by atoms with Crippen molar-refractivity contribution in [2.75, 3.05) is 25.5 Å². The summed E-state index contributed by atoms with van der Waals surface area (Å²) < 4.78 is 0. The minimum atomic E-state index is 0.393. The minimum absolute atomic E-state index is 0.393. The van der Waals surface area contributed by atoms with Gasteiger partial charge in [-0.3, -0.25) is 0 Å². The Balaban J connectivity index is 2.12. The van der Waals surface area contributed by atoms with Gasteiger partial charge in [-0.25, -0.2) is 0 Å². The Bertz CT molecular complexity index is 386. The topological polar surface area (TPSA) is 15.3 Å². The van der Waals surface area contributed by atoms with Crippen molar-refractivity contribution in [2.24, 2.45) is 0 Å². The summed E-state index contributed by atoms with van der Waals surface area (Å²) in [7, 11) is 2.12. The average Bonchev–Trinajstić information content (AvgIpc) is 2.23. The fraction of sp³-hybridized carbons (Fsp3) is 0.500. The molecular formula is C12H15Cl3N2. The van der Waals surface area contributed by atoms with E-state index in [9.17, 15) is 0 Å². The van der Waals surface area contributed by atoms with Gasteiger partial charge in [0, 0.05) is 17.6 Å². The number of halogens is 3. The Kier molecular flexibility index (Phi) is 4.42. The van der Waals surface area contributed by atoms with Crippen LogP contribution in [0, 0.1) is 0 Å². The number of anilines is 1. The molecule has 1 aliphatic heterocycles. The highest BCUT2D eigenvalue weighted by Gasteiger charge is 2.19. The van der Waals surface area contributed by atoms with Crippen LogP contribution in [0.15, 0.2) is 12.1 Å². The van der Waals surface area contributed by atoms with E-state index in [2.05, 4.69) is 17.3 Å². The molecule has 1 unspecified atom stereocenters. The molecule has 0 aromatic heterocycles. The standard InChI is InChI=1S/C12H15Cl3N2/c1-17-4-2-3-9(7-17)16-12-10(14)5-8(13)6-11(12)15/h5-6,9,16H,2-4,7H2,1H3. The Morgan fingerprint density at radius 1 is 1.24 bits per heavy atom. The number of likely N-dealkylation sites (N-methyl/N-ethyl adjacent to an activating group) is 1. The number of hydrogen-bond acceptors (Lipinski definition) is 2. The van der Waals surface area contributed by atoms with Crippen molar-refractivity contribution >= 4 is 40.5 Å². The predicted octanol–water partition coefficient (Wildman–Crippen LogP) is 4.15. The van der Waals surface area contributed by atoms with Crippen molar-refractivity contribution in [1.82, 2.24) is 4.90 Å². The number of nitrogens with one attached hydrogen (secondary N) is 1.